The van der Waals surface area contributed by atoms with E-state index in [0.717, 1.165) is 31.7 Å². The SMILES string of the molecule is COc1cc(C(=O)O[C@H](C(=O)O)[C@H](OC(=O)c2ccc(OC(C)=O)c(OC)c2)C(=O)Nc2ccc(N(C)C)cc2)ccc1OC(C)=O. The van der Waals surface area contributed by atoms with E-state index in [4.69, 9.17) is 28.4 Å². The molecule has 248 valence electrons. The van der Waals surface area contributed by atoms with E-state index in [-0.39, 0.29) is 39.8 Å². The van der Waals surface area contributed by atoms with Gasteiger partial charge in [0, 0.05) is 39.3 Å². The monoisotopic (exact) mass is 652 g/mol. The van der Waals surface area contributed by atoms with Gasteiger partial charge in [-0.3, -0.25) is 14.4 Å². The number of rotatable bonds is 13. The minimum atomic E-state index is -2.35. The average molecular weight is 653 g/mol. The van der Waals surface area contributed by atoms with Crippen LogP contribution in [0.5, 0.6) is 23.0 Å². The largest absolute Gasteiger partial charge is 0.493 e. The third kappa shape index (κ3) is 9.43. The zero-order valence-corrected chi connectivity index (χ0v) is 26.2. The third-order valence-electron chi connectivity index (χ3n) is 6.20. The second-order valence-electron chi connectivity index (χ2n) is 9.84. The molecule has 2 N–H and O–H groups in total. The van der Waals surface area contributed by atoms with E-state index < -0.39 is 48.0 Å². The van der Waals surface area contributed by atoms with Crippen LogP contribution in [-0.4, -0.2) is 81.4 Å². The second kappa shape index (κ2) is 15.7. The maximum absolute atomic E-state index is 13.5. The van der Waals surface area contributed by atoms with Crippen molar-refractivity contribution in [3.05, 3.63) is 71.8 Å². The van der Waals surface area contributed by atoms with Crippen molar-refractivity contribution in [1.82, 2.24) is 0 Å². The van der Waals surface area contributed by atoms with E-state index in [1.165, 1.54) is 50.6 Å². The smallest absolute Gasteiger partial charge is 0.349 e. The standard InChI is InChI=1S/C32H32N2O13/c1-17(35)44-23-13-7-19(15-25(23)42-5)31(40)46-27(29(37)33-21-9-11-22(12-10-21)34(3)4)28(30(38)39)47-32(41)20-8-14-24(45-18(2)36)26(16-20)43-6/h7-16,27-28H,1-6H3,(H,33,37)(H,38,39)/t27-,28-/m0/s1. The van der Waals surface area contributed by atoms with Gasteiger partial charge in [-0.1, -0.05) is 0 Å². The number of hydrogen-bond donors (Lipinski definition) is 2. The topological polar surface area (TPSA) is 193 Å². The number of esters is 4. The predicted octanol–water partition coefficient (Wildman–Crippen LogP) is 3.09. The van der Waals surface area contributed by atoms with Crippen LogP contribution >= 0.6 is 0 Å². The number of hydrogen-bond acceptors (Lipinski definition) is 13. The third-order valence-corrected chi connectivity index (χ3v) is 6.20. The van der Waals surface area contributed by atoms with Crippen molar-refractivity contribution in [1.29, 1.82) is 0 Å². The maximum atomic E-state index is 13.5. The molecule has 0 heterocycles. The molecule has 3 rings (SSSR count). The van der Waals surface area contributed by atoms with Gasteiger partial charge in [0.05, 0.1) is 25.3 Å². The van der Waals surface area contributed by atoms with Crippen LogP contribution in [0, 0.1) is 0 Å². The summed E-state index contributed by atoms with van der Waals surface area (Å²) in [4.78, 5) is 76.9. The molecular weight excluding hydrogens is 620 g/mol. The molecular formula is C32H32N2O13. The molecule has 3 aromatic carbocycles. The van der Waals surface area contributed by atoms with Crippen molar-refractivity contribution >= 4 is 47.1 Å². The summed E-state index contributed by atoms with van der Waals surface area (Å²) in [5.41, 5.74) is 0.562. The Morgan fingerprint density at radius 1 is 0.660 bits per heavy atom. The molecule has 2 atom stereocenters. The molecule has 0 aliphatic carbocycles. The first-order chi connectivity index (χ1) is 22.2. The molecule has 0 bridgehead atoms. The Morgan fingerprint density at radius 2 is 1.11 bits per heavy atom. The molecule has 47 heavy (non-hydrogen) atoms. The van der Waals surface area contributed by atoms with Crippen LogP contribution < -0.4 is 29.2 Å². The Hall–Kier alpha value is -6.12. The molecule has 0 aromatic heterocycles. The summed E-state index contributed by atoms with van der Waals surface area (Å²) in [7, 11) is 6.11. The van der Waals surface area contributed by atoms with E-state index in [0.29, 0.717) is 0 Å². The highest BCUT2D eigenvalue weighted by Crippen LogP contribution is 2.30. The lowest BCUT2D eigenvalue weighted by Gasteiger charge is -2.24. The van der Waals surface area contributed by atoms with Gasteiger partial charge in [-0.15, -0.1) is 0 Å². The first-order valence-electron chi connectivity index (χ1n) is 13.7. The number of amides is 1. The lowest BCUT2D eigenvalue weighted by Crippen LogP contribution is -2.48. The fourth-order valence-corrected chi connectivity index (χ4v) is 3.98. The van der Waals surface area contributed by atoms with Crippen LogP contribution in [-0.2, 0) is 28.7 Å². The Bertz CT molecular complexity index is 1670. The molecule has 0 unspecified atom stereocenters. The van der Waals surface area contributed by atoms with Crippen molar-refractivity contribution in [2.75, 3.05) is 38.5 Å². The number of carbonyl (C=O) groups is 6. The van der Waals surface area contributed by atoms with E-state index in [9.17, 15) is 33.9 Å². The Labute approximate surface area is 268 Å². The van der Waals surface area contributed by atoms with Gasteiger partial charge in [0.15, 0.2) is 23.0 Å². The van der Waals surface area contributed by atoms with Crippen LogP contribution in [0.3, 0.4) is 0 Å². The van der Waals surface area contributed by atoms with Crippen molar-refractivity contribution in [2.24, 2.45) is 0 Å². The number of methoxy groups -OCH3 is 2. The van der Waals surface area contributed by atoms with Crippen LogP contribution in [0.1, 0.15) is 34.6 Å². The van der Waals surface area contributed by atoms with Gasteiger partial charge in [0.2, 0.25) is 12.2 Å². The van der Waals surface area contributed by atoms with Crippen LogP contribution in [0.4, 0.5) is 11.4 Å². The molecule has 0 aliphatic rings. The quantitative estimate of drug-likeness (QED) is 0.202. The van der Waals surface area contributed by atoms with Crippen molar-refractivity contribution < 1.29 is 62.3 Å². The summed E-state index contributed by atoms with van der Waals surface area (Å²) in [6, 6.07) is 13.5. The number of aliphatic carboxylic acids is 1. The number of carboxylic acids is 1. The number of anilines is 2. The van der Waals surface area contributed by atoms with Gasteiger partial charge in [0.25, 0.3) is 5.91 Å². The fourth-order valence-electron chi connectivity index (χ4n) is 3.98. The number of carboxylic acid groups (broad SMARTS) is 1. The molecule has 0 spiro atoms. The first kappa shape index (κ1) is 35.4. The second-order valence-corrected chi connectivity index (χ2v) is 9.84. The number of ether oxygens (including phenoxy) is 6. The molecule has 15 heteroatoms. The molecule has 0 aliphatic heterocycles. The van der Waals surface area contributed by atoms with Crippen LogP contribution in [0.25, 0.3) is 0 Å². The zero-order valence-electron chi connectivity index (χ0n) is 26.2. The highest BCUT2D eigenvalue weighted by Gasteiger charge is 2.41. The number of benzene rings is 3. The summed E-state index contributed by atoms with van der Waals surface area (Å²) in [5.74, 6) is -6.82. The minimum Gasteiger partial charge on any atom is -0.493 e. The highest BCUT2D eigenvalue weighted by molar-refractivity contribution is 6.02. The summed E-state index contributed by atoms with van der Waals surface area (Å²) in [6.45, 7) is 2.32. The van der Waals surface area contributed by atoms with Gasteiger partial charge in [-0.25, -0.2) is 14.4 Å². The Morgan fingerprint density at radius 3 is 1.49 bits per heavy atom. The lowest BCUT2D eigenvalue weighted by molar-refractivity contribution is -0.157. The Kier molecular flexibility index (Phi) is 11.8. The molecule has 1 amide bonds. The van der Waals surface area contributed by atoms with Crippen LogP contribution in [0.2, 0.25) is 0 Å². The average Bonchev–Trinajstić information content (AvgIpc) is 3.02. The summed E-state index contributed by atoms with van der Waals surface area (Å²) >= 11 is 0. The fraction of sp³-hybridized carbons (Fsp3) is 0.250. The molecule has 15 nitrogen and oxygen atoms in total. The normalized spacial score (nSPS) is 11.6. The zero-order chi connectivity index (χ0) is 34.8. The number of nitrogens with zero attached hydrogens (tertiary/aromatic N) is 1. The van der Waals surface area contributed by atoms with Gasteiger partial charge in [-0.05, 0) is 60.7 Å². The van der Waals surface area contributed by atoms with Crippen molar-refractivity contribution in [3.63, 3.8) is 0 Å². The van der Waals surface area contributed by atoms with E-state index in [2.05, 4.69) is 5.32 Å². The Balaban J connectivity index is 1.98. The molecule has 0 fully saturated rings. The highest BCUT2D eigenvalue weighted by atomic mass is 16.6. The van der Waals surface area contributed by atoms with E-state index in [1.54, 1.807) is 12.1 Å². The number of nitrogens with one attached hydrogen (secondary N) is 1. The maximum Gasteiger partial charge on any atom is 0.349 e. The molecule has 0 saturated heterocycles. The first-order valence-corrected chi connectivity index (χ1v) is 13.7. The molecule has 0 radical (unpaired) electrons. The van der Waals surface area contributed by atoms with Crippen LogP contribution in [0.15, 0.2) is 60.7 Å². The molecule has 0 saturated carbocycles. The van der Waals surface area contributed by atoms with Crippen molar-refractivity contribution in [3.8, 4) is 23.0 Å². The lowest BCUT2D eigenvalue weighted by atomic mass is 10.1. The minimum absolute atomic E-state index is 0.0143. The van der Waals surface area contributed by atoms with Gasteiger partial charge >= 0.3 is 29.8 Å². The van der Waals surface area contributed by atoms with Gasteiger partial charge < -0.3 is 43.7 Å². The summed E-state index contributed by atoms with van der Waals surface area (Å²) in [5, 5.41) is 12.5. The van der Waals surface area contributed by atoms with Crippen molar-refractivity contribution in [2.45, 2.75) is 26.1 Å². The van der Waals surface area contributed by atoms with E-state index in [1.807, 2.05) is 19.0 Å². The predicted molar refractivity (Wildman–Crippen MR) is 164 cm³/mol. The van der Waals surface area contributed by atoms with Gasteiger partial charge in [0.1, 0.15) is 0 Å². The molecule has 3 aromatic rings. The number of carbonyl (C=O) groups excluding carboxylic acids is 5. The van der Waals surface area contributed by atoms with Gasteiger partial charge in [-0.2, -0.15) is 0 Å². The van der Waals surface area contributed by atoms with E-state index >= 15 is 0 Å². The summed E-state index contributed by atoms with van der Waals surface area (Å²) in [6.07, 6.45) is -4.58. The summed E-state index contributed by atoms with van der Waals surface area (Å²) < 4.78 is 30.9.